The van der Waals surface area contributed by atoms with E-state index in [1.54, 1.807) is 4.31 Å². The van der Waals surface area contributed by atoms with Gasteiger partial charge in [0.05, 0.1) is 11.9 Å². The molecule has 1 unspecified atom stereocenters. The van der Waals surface area contributed by atoms with Crippen molar-refractivity contribution in [2.45, 2.75) is 115 Å². The van der Waals surface area contributed by atoms with Gasteiger partial charge in [-0.25, -0.2) is 12.7 Å². The summed E-state index contributed by atoms with van der Waals surface area (Å²) >= 11 is 0. The summed E-state index contributed by atoms with van der Waals surface area (Å²) in [5, 5.41) is 10.9. The molecule has 3 saturated heterocycles. The van der Waals surface area contributed by atoms with Gasteiger partial charge >= 0.3 is 0 Å². The number of nitrogens with zero attached hydrogens (tertiary/aromatic N) is 4. The number of unbranched alkanes of at least 4 members (excludes halogenated alkanes) is 1. The lowest BCUT2D eigenvalue weighted by atomic mass is 9.77. The van der Waals surface area contributed by atoms with Crippen LogP contribution in [0.15, 0.2) is 0 Å². The highest BCUT2D eigenvalue weighted by atomic mass is 35.5. The van der Waals surface area contributed by atoms with E-state index in [2.05, 4.69) is 34.3 Å². The number of halogens is 1. The summed E-state index contributed by atoms with van der Waals surface area (Å²) in [7, 11) is -3.21. The molecule has 1 spiro atoms. The van der Waals surface area contributed by atoms with Crippen LogP contribution in [0.3, 0.4) is 0 Å². The lowest BCUT2D eigenvalue weighted by Gasteiger charge is -2.53. The highest BCUT2D eigenvalue weighted by Gasteiger charge is 2.54. The molecule has 1 saturated carbocycles. The molecule has 2 amide bonds. The number of piperidine rings is 2. The van der Waals surface area contributed by atoms with E-state index in [0.29, 0.717) is 51.5 Å². The molecule has 4 fully saturated rings. The Morgan fingerprint density at radius 1 is 1.00 bits per heavy atom. The van der Waals surface area contributed by atoms with Crippen LogP contribution >= 0.6 is 12.4 Å². The third-order valence-corrected chi connectivity index (χ3v) is 12.1. The summed E-state index contributed by atoms with van der Waals surface area (Å²) < 4.78 is 26.0. The smallest absolute Gasteiger partial charge is 0.246 e. The molecule has 4 aliphatic rings. The number of nitrogens with one attached hydrogen (secondary N) is 2. The minimum absolute atomic E-state index is 0. The van der Waals surface area contributed by atoms with Crippen molar-refractivity contribution >= 4 is 34.2 Å². The summed E-state index contributed by atoms with van der Waals surface area (Å²) in [6.07, 6.45) is 12.8. The molecule has 0 bridgehead atoms. The zero-order chi connectivity index (χ0) is 30.1. The number of likely N-dealkylation sites (tertiary alicyclic amines) is 1. The van der Waals surface area contributed by atoms with Crippen molar-refractivity contribution in [1.29, 1.82) is 0 Å². The fourth-order valence-corrected chi connectivity index (χ4v) is 9.21. The van der Waals surface area contributed by atoms with Gasteiger partial charge in [0.1, 0.15) is 11.6 Å². The van der Waals surface area contributed by atoms with E-state index in [1.807, 2.05) is 11.8 Å². The van der Waals surface area contributed by atoms with Crippen LogP contribution in [0, 0.1) is 25.7 Å². The highest BCUT2D eigenvalue weighted by molar-refractivity contribution is 7.88. The van der Waals surface area contributed by atoms with Crippen molar-refractivity contribution in [2.75, 3.05) is 39.0 Å². The predicted octanol–water partition coefficient (Wildman–Crippen LogP) is 4.09. The number of aromatic nitrogens is 2. The maximum absolute atomic E-state index is 14.0. The molecule has 10 nitrogen and oxygen atoms in total. The van der Waals surface area contributed by atoms with Crippen LogP contribution < -0.4 is 5.32 Å². The van der Waals surface area contributed by atoms with Crippen LogP contribution in [0.1, 0.15) is 107 Å². The molecule has 5 rings (SSSR count). The standard InChI is InChI=1S/C31H52N6O4S.ClH/c1-5-6-16-37-29(38)26(21-24-10-8-7-9-11-24)32-30(39)31(37)14-19-35(20-15-31)28(27-22(2)33-34-23(27)3)25-12-17-36(18-13-25)42(4,40)41;/h24-26,28H,5-21H2,1-4H3,(H,32,39)(H,33,34);1H/t26-,28?;/m0./s1. The summed E-state index contributed by atoms with van der Waals surface area (Å²) in [6, 6.07) is -0.307. The van der Waals surface area contributed by atoms with Crippen molar-refractivity contribution in [3.63, 3.8) is 0 Å². The SMILES string of the molecule is CCCCN1C(=O)[C@H](CC2CCCCC2)NC(=O)C12CCN(C(c1c(C)n[nH]c1C)C1CCN(S(C)(=O)=O)CC1)CC2.Cl. The molecule has 244 valence electrons. The number of hydrogen-bond donors (Lipinski definition) is 2. The zero-order valence-corrected chi connectivity index (χ0v) is 28.2. The second-order valence-corrected chi connectivity index (χ2v) is 15.5. The number of aryl methyl sites for hydroxylation is 2. The van der Waals surface area contributed by atoms with Crippen LogP contribution in [-0.4, -0.2) is 95.1 Å². The van der Waals surface area contributed by atoms with Crippen molar-refractivity contribution in [2.24, 2.45) is 11.8 Å². The van der Waals surface area contributed by atoms with Crippen molar-refractivity contribution in [1.82, 2.24) is 29.6 Å². The quantitative estimate of drug-likeness (QED) is 0.420. The highest BCUT2D eigenvalue weighted by Crippen LogP contribution is 2.43. The van der Waals surface area contributed by atoms with Gasteiger partial charge in [0.15, 0.2) is 0 Å². The minimum atomic E-state index is -3.21. The maximum Gasteiger partial charge on any atom is 0.246 e. The molecule has 1 aromatic rings. The van der Waals surface area contributed by atoms with Gasteiger partial charge in [-0.1, -0.05) is 45.4 Å². The number of amides is 2. The summed E-state index contributed by atoms with van der Waals surface area (Å²) in [5.41, 5.74) is 2.42. The summed E-state index contributed by atoms with van der Waals surface area (Å²) in [4.78, 5) is 32.5. The topological polar surface area (TPSA) is 119 Å². The Morgan fingerprint density at radius 2 is 1.65 bits per heavy atom. The van der Waals surface area contributed by atoms with Gasteiger partial charge in [-0.3, -0.25) is 19.6 Å². The second kappa shape index (κ2) is 14.2. The van der Waals surface area contributed by atoms with Crippen LogP contribution in [-0.2, 0) is 19.6 Å². The molecular weight excluding hydrogens is 588 g/mol. The Morgan fingerprint density at radius 3 is 2.21 bits per heavy atom. The summed E-state index contributed by atoms with van der Waals surface area (Å²) in [5.74, 6) is 0.957. The van der Waals surface area contributed by atoms with E-state index in [0.717, 1.165) is 56.3 Å². The maximum atomic E-state index is 14.0. The first-order valence-corrected chi connectivity index (χ1v) is 18.2. The normalized spacial score (nSPS) is 25.5. The minimum Gasteiger partial charge on any atom is -0.342 e. The van der Waals surface area contributed by atoms with Gasteiger partial charge in [-0.2, -0.15) is 5.10 Å². The molecule has 4 heterocycles. The average molecular weight is 641 g/mol. The van der Waals surface area contributed by atoms with Crippen LogP contribution in [0.4, 0.5) is 0 Å². The number of hydrogen-bond acceptors (Lipinski definition) is 6. The Kier molecular flexibility index (Phi) is 11.3. The van der Waals surface area contributed by atoms with Gasteiger partial charge < -0.3 is 10.2 Å². The Hall–Kier alpha value is -1.69. The molecule has 3 aliphatic heterocycles. The van der Waals surface area contributed by atoms with Gasteiger partial charge in [-0.05, 0) is 64.2 Å². The fourth-order valence-electron chi connectivity index (χ4n) is 8.34. The number of piperazine rings is 1. The molecule has 2 atom stereocenters. The number of carbonyl (C=O) groups excluding carboxylic acids is 2. The van der Waals surface area contributed by atoms with Crippen molar-refractivity contribution in [3.05, 3.63) is 17.0 Å². The number of sulfonamides is 1. The first-order chi connectivity index (χ1) is 20.0. The van der Waals surface area contributed by atoms with Gasteiger partial charge in [0, 0.05) is 50.0 Å². The number of carbonyl (C=O) groups is 2. The lowest BCUT2D eigenvalue weighted by Crippen LogP contribution is -2.73. The van der Waals surface area contributed by atoms with Gasteiger partial charge in [0.25, 0.3) is 0 Å². The summed E-state index contributed by atoms with van der Waals surface area (Å²) in [6.45, 7) is 9.33. The molecule has 12 heteroatoms. The van der Waals surface area contributed by atoms with E-state index in [4.69, 9.17) is 0 Å². The third-order valence-electron chi connectivity index (χ3n) is 10.8. The fraction of sp³-hybridized carbons (Fsp3) is 0.839. The third kappa shape index (κ3) is 7.10. The zero-order valence-electron chi connectivity index (χ0n) is 26.6. The molecule has 1 aromatic heterocycles. The monoisotopic (exact) mass is 640 g/mol. The van der Waals surface area contributed by atoms with Gasteiger partial charge in [0.2, 0.25) is 21.8 Å². The van der Waals surface area contributed by atoms with E-state index in [9.17, 15) is 18.0 Å². The first kappa shape index (κ1) is 34.2. The van der Waals surface area contributed by atoms with E-state index in [-0.39, 0.29) is 36.2 Å². The Balaban J connectivity index is 0.00000423. The molecule has 43 heavy (non-hydrogen) atoms. The number of H-pyrrole nitrogens is 1. The van der Waals surface area contributed by atoms with Crippen LogP contribution in [0.25, 0.3) is 0 Å². The molecule has 0 aromatic carbocycles. The van der Waals surface area contributed by atoms with E-state index < -0.39 is 21.6 Å². The van der Waals surface area contributed by atoms with Crippen molar-refractivity contribution < 1.29 is 18.0 Å². The van der Waals surface area contributed by atoms with E-state index in [1.165, 1.54) is 31.1 Å². The average Bonchev–Trinajstić information content (AvgIpc) is 3.30. The Bertz CT molecular complexity index is 1200. The van der Waals surface area contributed by atoms with Crippen LogP contribution in [0.2, 0.25) is 0 Å². The molecule has 0 radical (unpaired) electrons. The van der Waals surface area contributed by atoms with Crippen molar-refractivity contribution in [3.8, 4) is 0 Å². The largest absolute Gasteiger partial charge is 0.342 e. The predicted molar refractivity (Wildman–Crippen MR) is 170 cm³/mol. The number of aromatic amines is 1. The Labute approximate surface area is 264 Å². The van der Waals surface area contributed by atoms with Gasteiger partial charge in [-0.15, -0.1) is 12.4 Å². The molecular formula is C31H53ClN6O4S. The van der Waals surface area contributed by atoms with E-state index >= 15 is 0 Å². The van der Waals surface area contributed by atoms with Crippen LogP contribution in [0.5, 0.6) is 0 Å². The molecule has 1 aliphatic carbocycles. The second-order valence-electron chi connectivity index (χ2n) is 13.5. The lowest BCUT2D eigenvalue weighted by molar-refractivity contribution is -0.162. The number of rotatable bonds is 9. The molecule has 2 N–H and O–H groups in total. The first-order valence-electron chi connectivity index (χ1n) is 16.4.